The fraction of sp³-hybridized carbons (Fsp3) is 0.562. The largest absolute Gasteiger partial charge is 0.383 e. The third-order valence-corrected chi connectivity index (χ3v) is 3.78. The van der Waals surface area contributed by atoms with Gasteiger partial charge in [0.15, 0.2) is 0 Å². The van der Waals surface area contributed by atoms with Crippen LogP contribution in [0, 0.1) is 5.92 Å². The van der Waals surface area contributed by atoms with Crippen LogP contribution < -0.4 is 5.32 Å². The molecule has 0 spiro atoms. The number of carbonyl (C=O) groups is 1. The van der Waals surface area contributed by atoms with Gasteiger partial charge >= 0.3 is 0 Å². The van der Waals surface area contributed by atoms with E-state index < -0.39 is 0 Å². The van der Waals surface area contributed by atoms with Crippen LogP contribution in [0.15, 0.2) is 30.3 Å². The quantitative estimate of drug-likeness (QED) is 0.859. The molecule has 1 aliphatic rings. The molecule has 0 aromatic heterocycles. The van der Waals surface area contributed by atoms with E-state index in [-0.39, 0.29) is 11.8 Å². The van der Waals surface area contributed by atoms with Crippen LogP contribution in [-0.4, -0.2) is 44.2 Å². The predicted molar refractivity (Wildman–Crippen MR) is 79.3 cm³/mol. The number of nitrogens with zero attached hydrogens (tertiary/aromatic N) is 1. The van der Waals surface area contributed by atoms with Gasteiger partial charge in [0, 0.05) is 26.1 Å². The molecule has 2 rings (SSSR count). The van der Waals surface area contributed by atoms with Gasteiger partial charge in [-0.15, -0.1) is 0 Å². The highest BCUT2D eigenvalue weighted by Crippen LogP contribution is 2.17. The molecule has 1 aliphatic heterocycles. The Labute approximate surface area is 121 Å². The molecule has 4 nitrogen and oxygen atoms in total. The maximum atomic E-state index is 12.7. The minimum absolute atomic E-state index is 0.164. The molecule has 20 heavy (non-hydrogen) atoms. The van der Waals surface area contributed by atoms with Gasteiger partial charge in [-0.2, -0.15) is 0 Å². The highest BCUT2D eigenvalue weighted by molar-refractivity contribution is 5.79. The Morgan fingerprint density at radius 3 is 2.65 bits per heavy atom. The van der Waals surface area contributed by atoms with Crippen LogP contribution in [0.3, 0.4) is 0 Å². The maximum absolute atomic E-state index is 12.7. The number of hydrogen-bond acceptors (Lipinski definition) is 3. The fourth-order valence-electron chi connectivity index (χ4n) is 2.60. The fourth-order valence-corrected chi connectivity index (χ4v) is 2.60. The lowest BCUT2D eigenvalue weighted by molar-refractivity contribution is -0.137. The van der Waals surface area contributed by atoms with Crippen molar-refractivity contribution in [2.24, 2.45) is 5.92 Å². The summed E-state index contributed by atoms with van der Waals surface area (Å²) in [5.74, 6) is 0.434. The van der Waals surface area contributed by atoms with Gasteiger partial charge in [0.05, 0.1) is 6.61 Å². The highest BCUT2D eigenvalue weighted by atomic mass is 16.5. The Morgan fingerprint density at radius 2 is 2.00 bits per heavy atom. The second-order valence-electron chi connectivity index (χ2n) is 5.26. The molecule has 1 saturated heterocycles. The Kier molecular flexibility index (Phi) is 6.02. The van der Waals surface area contributed by atoms with Crippen LogP contribution >= 0.6 is 0 Å². The standard InChI is InChI=1S/C16H24N2O2/c1-20-12-11-18(13-14-5-3-2-4-6-14)16(19)15-7-9-17-10-8-15/h2-6,15,17H,7-13H2,1H3. The second kappa shape index (κ2) is 8.02. The molecule has 1 aromatic carbocycles. The summed E-state index contributed by atoms with van der Waals surface area (Å²) >= 11 is 0. The first-order valence-corrected chi connectivity index (χ1v) is 7.33. The van der Waals surface area contributed by atoms with Crippen molar-refractivity contribution in [3.05, 3.63) is 35.9 Å². The van der Waals surface area contributed by atoms with Gasteiger partial charge in [-0.05, 0) is 31.5 Å². The molecular weight excluding hydrogens is 252 g/mol. The highest BCUT2D eigenvalue weighted by Gasteiger charge is 2.25. The van der Waals surface area contributed by atoms with Crippen molar-refractivity contribution < 1.29 is 9.53 Å². The van der Waals surface area contributed by atoms with Gasteiger partial charge < -0.3 is 15.0 Å². The summed E-state index contributed by atoms with van der Waals surface area (Å²) in [7, 11) is 1.68. The van der Waals surface area contributed by atoms with Crippen LogP contribution in [0.25, 0.3) is 0 Å². The summed E-state index contributed by atoms with van der Waals surface area (Å²) in [4.78, 5) is 14.6. The number of nitrogens with one attached hydrogen (secondary N) is 1. The summed E-state index contributed by atoms with van der Waals surface area (Å²) < 4.78 is 5.14. The summed E-state index contributed by atoms with van der Waals surface area (Å²) in [6.07, 6.45) is 1.88. The van der Waals surface area contributed by atoms with Gasteiger partial charge in [0.1, 0.15) is 0 Å². The minimum atomic E-state index is 0.164. The van der Waals surface area contributed by atoms with Crippen LogP contribution in [-0.2, 0) is 16.1 Å². The summed E-state index contributed by atoms with van der Waals surface area (Å²) in [6.45, 7) is 3.81. The number of rotatable bonds is 6. The zero-order valence-electron chi connectivity index (χ0n) is 12.2. The number of methoxy groups -OCH3 is 1. The van der Waals surface area contributed by atoms with Crippen molar-refractivity contribution in [2.45, 2.75) is 19.4 Å². The SMILES string of the molecule is COCCN(Cc1ccccc1)C(=O)C1CCNCC1. The van der Waals surface area contributed by atoms with Crippen molar-refractivity contribution >= 4 is 5.91 Å². The van der Waals surface area contributed by atoms with Crippen LogP contribution in [0.5, 0.6) is 0 Å². The number of ether oxygens (including phenoxy) is 1. The van der Waals surface area contributed by atoms with E-state index in [2.05, 4.69) is 17.4 Å². The number of piperidine rings is 1. The topological polar surface area (TPSA) is 41.6 Å². The predicted octanol–water partition coefficient (Wildman–Crippen LogP) is 1.66. The van der Waals surface area contributed by atoms with Crippen molar-refractivity contribution in [1.82, 2.24) is 10.2 Å². The van der Waals surface area contributed by atoms with Crippen LogP contribution in [0.1, 0.15) is 18.4 Å². The van der Waals surface area contributed by atoms with Crippen LogP contribution in [0.2, 0.25) is 0 Å². The van der Waals surface area contributed by atoms with Crippen molar-refractivity contribution in [2.75, 3.05) is 33.4 Å². The van der Waals surface area contributed by atoms with E-state index in [1.54, 1.807) is 7.11 Å². The molecule has 110 valence electrons. The van der Waals surface area contributed by atoms with Crippen molar-refractivity contribution in [3.8, 4) is 0 Å². The average molecular weight is 276 g/mol. The van der Waals surface area contributed by atoms with Crippen molar-refractivity contribution in [3.63, 3.8) is 0 Å². The second-order valence-corrected chi connectivity index (χ2v) is 5.26. The molecule has 0 unspecified atom stereocenters. The average Bonchev–Trinajstić information content (AvgIpc) is 2.52. The van der Waals surface area contributed by atoms with E-state index in [0.29, 0.717) is 19.7 Å². The first kappa shape index (κ1) is 15.0. The van der Waals surface area contributed by atoms with E-state index in [4.69, 9.17) is 4.74 Å². The van der Waals surface area contributed by atoms with Crippen LogP contribution in [0.4, 0.5) is 0 Å². The lowest BCUT2D eigenvalue weighted by Crippen LogP contribution is -2.42. The van der Waals surface area contributed by atoms with E-state index >= 15 is 0 Å². The minimum Gasteiger partial charge on any atom is -0.383 e. The van der Waals surface area contributed by atoms with Gasteiger partial charge in [-0.3, -0.25) is 4.79 Å². The monoisotopic (exact) mass is 276 g/mol. The lowest BCUT2D eigenvalue weighted by Gasteiger charge is -2.29. The Bertz CT molecular complexity index is 402. The lowest BCUT2D eigenvalue weighted by atomic mass is 9.96. The molecular formula is C16H24N2O2. The molecule has 1 heterocycles. The normalized spacial score (nSPS) is 16.1. The Morgan fingerprint density at radius 1 is 1.30 bits per heavy atom. The molecule has 1 amide bonds. The molecule has 1 fully saturated rings. The van der Waals surface area contributed by atoms with E-state index in [1.807, 2.05) is 23.1 Å². The zero-order chi connectivity index (χ0) is 14.2. The van der Waals surface area contributed by atoms with Gasteiger partial charge in [-0.1, -0.05) is 30.3 Å². The molecule has 0 bridgehead atoms. The molecule has 0 saturated carbocycles. The number of benzene rings is 1. The number of amides is 1. The molecule has 0 aliphatic carbocycles. The van der Waals surface area contributed by atoms with Crippen molar-refractivity contribution in [1.29, 1.82) is 0 Å². The van der Waals surface area contributed by atoms with E-state index in [1.165, 1.54) is 5.56 Å². The molecule has 0 radical (unpaired) electrons. The first-order valence-electron chi connectivity index (χ1n) is 7.33. The number of hydrogen-bond donors (Lipinski definition) is 1. The summed E-state index contributed by atoms with van der Waals surface area (Å²) in [5, 5.41) is 3.31. The van der Waals surface area contributed by atoms with Gasteiger partial charge in [-0.25, -0.2) is 0 Å². The Hall–Kier alpha value is -1.39. The maximum Gasteiger partial charge on any atom is 0.226 e. The molecule has 1 aromatic rings. The number of carbonyl (C=O) groups excluding carboxylic acids is 1. The first-order chi connectivity index (χ1) is 9.81. The van der Waals surface area contributed by atoms with E-state index in [0.717, 1.165) is 25.9 Å². The molecule has 0 atom stereocenters. The third-order valence-electron chi connectivity index (χ3n) is 3.78. The molecule has 4 heteroatoms. The van der Waals surface area contributed by atoms with E-state index in [9.17, 15) is 4.79 Å². The summed E-state index contributed by atoms with van der Waals surface area (Å²) in [5.41, 5.74) is 1.17. The third kappa shape index (κ3) is 4.32. The van der Waals surface area contributed by atoms with Gasteiger partial charge in [0.2, 0.25) is 5.91 Å². The van der Waals surface area contributed by atoms with Gasteiger partial charge in [0.25, 0.3) is 0 Å². The molecule has 1 N–H and O–H groups in total. The smallest absolute Gasteiger partial charge is 0.226 e. The Balaban J connectivity index is 2.00. The zero-order valence-corrected chi connectivity index (χ0v) is 12.2. The summed E-state index contributed by atoms with van der Waals surface area (Å²) in [6, 6.07) is 10.2.